The van der Waals surface area contributed by atoms with Gasteiger partial charge in [0.1, 0.15) is 0 Å². The Balaban J connectivity index is 5.58. The molecule has 2 nitrogen and oxygen atoms in total. The number of carbonyl (C=O) groups excluding carboxylic acids is 2. The zero-order valence-electron chi connectivity index (χ0n) is 12.5. The maximum atomic E-state index is 11.3. The summed E-state index contributed by atoms with van der Waals surface area (Å²) >= 11 is 0. The Bertz CT molecular complexity index is 526. The highest BCUT2D eigenvalue weighted by atomic mass is 16.1. The fourth-order valence-electron chi connectivity index (χ4n) is 1.52. The topological polar surface area (TPSA) is 34.1 Å². The van der Waals surface area contributed by atoms with Crippen LogP contribution in [0, 0.1) is 0 Å². The van der Waals surface area contributed by atoms with E-state index in [1.54, 1.807) is 25.2 Å². The summed E-state index contributed by atoms with van der Waals surface area (Å²) < 4.78 is 0. The first-order valence-corrected chi connectivity index (χ1v) is 6.36. The SMILES string of the molecule is C=CC(=O)C\C(C)=C/C(C=C)=C(C=C)\C=C(\C)C(C)=O. The number of rotatable bonds is 8. The molecule has 0 saturated heterocycles. The van der Waals surface area contributed by atoms with E-state index in [1.165, 1.54) is 13.0 Å². The van der Waals surface area contributed by atoms with Crippen molar-refractivity contribution in [1.82, 2.24) is 0 Å². The van der Waals surface area contributed by atoms with Crippen LogP contribution in [-0.2, 0) is 9.59 Å². The summed E-state index contributed by atoms with van der Waals surface area (Å²) in [6.07, 6.45) is 8.62. The predicted molar refractivity (Wildman–Crippen MR) is 85.4 cm³/mol. The van der Waals surface area contributed by atoms with Crippen molar-refractivity contribution >= 4 is 11.6 Å². The summed E-state index contributed by atoms with van der Waals surface area (Å²) in [5.41, 5.74) is 3.18. The minimum absolute atomic E-state index is 0.00954. The van der Waals surface area contributed by atoms with Gasteiger partial charge in [0.25, 0.3) is 0 Å². The van der Waals surface area contributed by atoms with Crippen LogP contribution < -0.4 is 0 Å². The predicted octanol–water partition coefficient (Wildman–Crippen LogP) is 4.28. The van der Waals surface area contributed by atoms with E-state index in [0.717, 1.165) is 16.7 Å². The molecule has 0 aromatic rings. The van der Waals surface area contributed by atoms with E-state index in [1.807, 2.05) is 13.0 Å². The Morgan fingerprint density at radius 1 is 0.850 bits per heavy atom. The fourth-order valence-corrected chi connectivity index (χ4v) is 1.52. The van der Waals surface area contributed by atoms with Gasteiger partial charge in [0.05, 0.1) is 0 Å². The molecule has 0 rings (SSSR count). The van der Waals surface area contributed by atoms with Gasteiger partial charge in [0.15, 0.2) is 11.6 Å². The van der Waals surface area contributed by atoms with E-state index >= 15 is 0 Å². The highest BCUT2D eigenvalue weighted by molar-refractivity contribution is 5.93. The molecule has 0 N–H and O–H groups in total. The quantitative estimate of drug-likeness (QED) is 0.487. The third-order valence-corrected chi connectivity index (χ3v) is 2.78. The van der Waals surface area contributed by atoms with Crippen LogP contribution in [0.15, 0.2) is 72.4 Å². The minimum atomic E-state index is -0.0298. The van der Waals surface area contributed by atoms with Crippen LogP contribution in [0.2, 0.25) is 0 Å². The van der Waals surface area contributed by atoms with Gasteiger partial charge in [-0.3, -0.25) is 9.59 Å². The lowest BCUT2D eigenvalue weighted by Crippen LogP contribution is -1.95. The fraction of sp³-hybridized carbons (Fsp3) is 0.222. The molecule has 0 aromatic carbocycles. The van der Waals surface area contributed by atoms with Crippen LogP contribution in [0.4, 0.5) is 0 Å². The largest absolute Gasteiger partial charge is 0.295 e. The monoisotopic (exact) mass is 270 g/mol. The van der Waals surface area contributed by atoms with Gasteiger partial charge in [-0.25, -0.2) is 0 Å². The molecule has 0 unspecified atom stereocenters. The molecular formula is C18H22O2. The van der Waals surface area contributed by atoms with Crippen molar-refractivity contribution < 1.29 is 9.59 Å². The van der Waals surface area contributed by atoms with Gasteiger partial charge in [-0.15, -0.1) is 0 Å². The van der Waals surface area contributed by atoms with Gasteiger partial charge in [-0.2, -0.15) is 0 Å². The molecule has 0 aliphatic heterocycles. The molecule has 0 heterocycles. The number of Topliss-reactive ketones (excluding diaryl/α,β-unsaturated/α-hetero) is 1. The van der Waals surface area contributed by atoms with Gasteiger partial charge >= 0.3 is 0 Å². The summed E-state index contributed by atoms with van der Waals surface area (Å²) in [5, 5.41) is 0. The zero-order chi connectivity index (χ0) is 15.7. The second-order valence-corrected chi connectivity index (χ2v) is 4.54. The first kappa shape index (κ1) is 17.8. The second-order valence-electron chi connectivity index (χ2n) is 4.54. The molecule has 0 fully saturated rings. The Labute approximate surface area is 121 Å². The Morgan fingerprint density at radius 3 is 1.75 bits per heavy atom. The van der Waals surface area contributed by atoms with Gasteiger partial charge in [0, 0.05) is 6.42 Å². The highest BCUT2D eigenvalue weighted by Gasteiger charge is 2.02. The van der Waals surface area contributed by atoms with Crippen LogP contribution >= 0.6 is 0 Å². The number of allylic oxidation sites excluding steroid dienone is 9. The first-order chi connectivity index (χ1) is 9.35. The summed E-state index contributed by atoms with van der Waals surface area (Å²) in [7, 11) is 0. The van der Waals surface area contributed by atoms with Crippen molar-refractivity contribution in [2.75, 3.05) is 0 Å². The third kappa shape index (κ3) is 6.10. The normalized spacial score (nSPS) is 13.3. The lowest BCUT2D eigenvalue weighted by atomic mass is 10.0. The smallest absolute Gasteiger partial charge is 0.159 e. The van der Waals surface area contributed by atoms with Crippen LogP contribution in [0.25, 0.3) is 0 Å². The molecule has 0 saturated carbocycles. The van der Waals surface area contributed by atoms with E-state index in [9.17, 15) is 9.59 Å². The molecule has 0 aliphatic carbocycles. The molecule has 0 spiro atoms. The van der Waals surface area contributed by atoms with Gasteiger partial charge in [0.2, 0.25) is 0 Å². The molecule has 0 aliphatic rings. The van der Waals surface area contributed by atoms with E-state index < -0.39 is 0 Å². The lowest BCUT2D eigenvalue weighted by molar-refractivity contribution is -0.114. The van der Waals surface area contributed by atoms with E-state index in [-0.39, 0.29) is 11.6 Å². The number of carbonyl (C=O) groups is 2. The maximum Gasteiger partial charge on any atom is 0.159 e. The Kier molecular flexibility index (Phi) is 7.83. The second kappa shape index (κ2) is 8.81. The average Bonchev–Trinajstić information content (AvgIpc) is 2.41. The molecular weight excluding hydrogens is 248 g/mol. The molecule has 0 aromatic heterocycles. The molecule has 0 radical (unpaired) electrons. The van der Waals surface area contributed by atoms with Gasteiger partial charge < -0.3 is 0 Å². The minimum Gasteiger partial charge on any atom is -0.295 e. The maximum absolute atomic E-state index is 11.3. The number of ketones is 2. The number of hydrogen-bond acceptors (Lipinski definition) is 2. The van der Waals surface area contributed by atoms with Crippen molar-refractivity contribution in [2.24, 2.45) is 0 Å². The van der Waals surface area contributed by atoms with Gasteiger partial charge in [-0.1, -0.05) is 43.5 Å². The molecule has 106 valence electrons. The summed E-state index contributed by atoms with van der Waals surface area (Å²) in [4.78, 5) is 22.6. The lowest BCUT2D eigenvalue weighted by Gasteiger charge is -2.04. The average molecular weight is 270 g/mol. The van der Waals surface area contributed by atoms with Crippen molar-refractivity contribution in [3.05, 3.63) is 72.4 Å². The first-order valence-electron chi connectivity index (χ1n) is 6.36. The van der Waals surface area contributed by atoms with Crippen LogP contribution in [0.1, 0.15) is 27.2 Å². The number of hydrogen-bond donors (Lipinski definition) is 0. The molecule has 0 amide bonds. The molecule has 2 heteroatoms. The van der Waals surface area contributed by atoms with Crippen LogP contribution in [0.5, 0.6) is 0 Å². The van der Waals surface area contributed by atoms with Crippen molar-refractivity contribution in [3.8, 4) is 0 Å². The van der Waals surface area contributed by atoms with Crippen molar-refractivity contribution in [3.63, 3.8) is 0 Å². The van der Waals surface area contributed by atoms with E-state index in [2.05, 4.69) is 19.7 Å². The zero-order valence-corrected chi connectivity index (χ0v) is 12.5. The molecule has 20 heavy (non-hydrogen) atoms. The van der Waals surface area contributed by atoms with Crippen molar-refractivity contribution in [1.29, 1.82) is 0 Å². The molecule has 0 bridgehead atoms. The Morgan fingerprint density at radius 2 is 1.35 bits per heavy atom. The van der Waals surface area contributed by atoms with Crippen molar-refractivity contribution in [2.45, 2.75) is 27.2 Å². The third-order valence-electron chi connectivity index (χ3n) is 2.78. The highest BCUT2D eigenvalue weighted by Crippen LogP contribution is 2.16. The summed E-state index contributed by atoms with van der Waals surface area (Å²) in [6, 6.07) is 0. The van der Waals surface area contributed by atoms with E-state index in [0.29, 0.717) is 12.0 Å². The summed E-state index contributed by atoms with van der Waals surface area (Å²) in [5.74, 6) is -0.0203. The summed E-state index contributed by atoms with van der Waals surface area (Å²) in [6.45, 7) is 16.1. The Hall–Kier alpha value is -2.22. The standard InChI is InChI=1S/C18H22O2/c1-7-16(10-13(4)11-18(20)9-3)17(8-2)12-14(5)15(6)19/h7-10,12H,1-3,11H2,4-6H3/b13-10-,14-12-,17-16-. The molecule has 0 atom stereocenters. The van der Waals surface area contributed by atoms with E-state index in [4.69, 9.17) is 0 Å². The van der Waals surface area contributed by atoms with Crippen LogP contribution in [-0.4, -0.2) is 11.6 Å². The van der Waals surface area contributed by atoms with Gasteiger partial charge in [-0.05, 0) is 49.6 Å². The van der Waals surface area contributed by atoms with Crippen LogP contribution in [0.3, 0.4) is 0 Å².